The summed E-state index contributed by atoms with van der Waals surface area (Å²) in [4.78, 5) is 0.401. The summed E-state index contributed by atoms with van der Waals surface area (Å²) < 4.78 is 16.1. The van der Waals surface area contributed by atoms with Crippen LogP contribution in [0.3, 0.4) is 0 Å². The molecule has 4 nitrogen and oxygen atoms in total. The molecule has 0 radical (unpaired) electrons. The number of nitrogens with two attached hydrogens (primary N) is 1. The molecule has 1 heterocycles. The second kappa shape index (κ2) is 6.68. The number of hydrogen-bond donors (Lipinski definition) is 1. The highest BCUT2D eigenvalue weighted by Gasteiger charge is 2.17. The lowest BCUT2D eigenvalue weighted by Crippen LogP contribution is -2.36. The Kier molecular flexibility index (Phi) is 4.92. The van der Waals surface area contributed by atoms with Gasteiger partial charge in [0.05, 0.1) is 26.4 Å². The second-order valence-corrected chi connectivity index (χ2v) is 4.56. The Labute approximate surface area is 112 Å². The first-order valence-electron chi connectivity index (χ1n) is 5.98. The predicted octanol–water partition coefficient (Wildman–Crippen LogP) is 1.51. The summed E-state index contributed by atoms with van der Waals surface area (Å²) in [6.45, 7) is 2.79. The molecule has 0 spiro atoms. The first-order chi connectivity index (χ1) is 8.75. The lowest BCUT2D eigenvalue weighted by atomic mass is 10.2. The lowest BCUT2D eigenvalue weighted by molar-refractivity contribution is -0.130. The van der Waals surface area contributed by atoms with Crippen LogP contribution in [0.5, 0.6) is 5.75 Å². The van der Waals surface area contributed by atoms with Crippen LogP contribution in [0.15, 0.2) is 24.3 Å². The van der Waals surface area contributed by atoms with Crippen LogP contribution < -0.4 is 10.5 Å². The maximum Gasteiger partial charge on any atom is 0.119 e. The van der Waals surface area contributed by atoms with E-state index in [1.807, 2.05) is 24.3 Å². The van der Waals surface area contributed by atoms with Gasteiger partial charge in [0.2, 0.25) is 0 Å². The smallest absolute Gasteiger partial charge is 0.119 e. The first kappa shape index (κ1) is 13.3. The highest BCUT2D eigenvalue weighted by molar-refractivity contribution is 7.80. The molecule has 1 aromatic carbocycles. The molecule has 1 saturated heterocycles. The van der Waals surface area contributed by atoms with Crippen molar-refractivity contribution in [3.05, 3.63) is 29.8 Å². The van der Waals surface area contributed by atoms with E-state index in [0.29, 0.717) is 18.2 Å². The Morgan fingerprint density at radius 3 is 2.56 bits per heavy atom. The van der Waals surface area contributed by atoms with Crippen LogP contribution in [0, 0.1) is 0 Å². The minimum Gasteiger partial charge on any atom is -0.494 e. The quantitative estimate of drug-likeness (QED) is 0.599. The molecule has 0 unspecified atom stereocenters. The largest absolute Gasteiger partial charge is 0.494 e. The number of ether oxygens (including phenoxy) is 3. The highest BCUT2D eigenvalue weighted by atomic mass is 32.1. The maximum absolute atomic E-state index is 5.58. The van der Waals surface area contributed by atoms with E-state index >= 15 is 0 Å². The van der Waals surface area contributed by atoms with Crippen molar-refractivity contribution in [3.63, 3.8) is 0 Å². The maximum atomic E-state index is 5.58. The van der Waals surface area contributed by atoms with Gasteiger partial charge >= 0.3 is 0 Å². The van der Waals surface area contributed by atoms with E-state index in [1.165, 1.54) is 0 Å². The molecule has 0 aromatic heterocycles. The second-order valence-electron chi connectivity index (χ2n) is 4.12. The van der Waals surface area contributed by atoms with Gasteiger partial charge in [-0.25, -0.2) is 0 Å². The monoisotopic (exact) mass is 267 g/mol. The SMILES string of the molecule is NC(=S)c1ccc(OCCCOC2COC2)cc1. The molecule has 5 heteroatoms. The van der Waals surface area contributed by atoms with Gasteiger partial charge in [-0.05, 0) is 24.3 Å². The van der Waals surface area contributed by atoms with E-state index in [0.717, 1.165) is 30.9 Å². The molecule has 0 aliphatic carbocycles. The summed E-state index contributed by atoms with van der Waals surface area (Å²) in [5, 5.41) is 0. The molecule has 18 heavy (non-hydrogen) atoms. The number of thiocarbonyl (C=S) groups is 1. The number of rotatable bonds is 7. The van der Waals surface area contributed by atoms with E-state index in [-0.39, 0.29) is 6.10 Å². The molecule has 0 amide bonds. The van der Waals surface area contributed by atoms with Crippen molar-refractivity contribution in [2.24, 2.45) is 5.73 Å². The van der Waals surface area contributed by atoms with Crippen molar-refractivity contribution in [1.82, 2.24) is 0 Å². The standard InChI is InChI=1S/C13H17NO3S/c14-13(18)10-2-4-11(5-3-10)16-6-1-7-17-12-8-15-9-12/h2-5,12H,1,6-9H2,(H2,14,18). The average Bonchev–Trinajstić information content (AvgIpc) is 2.32. The van der Waals surface area contributed by atoms with Crippen LogP contribution in [0.1, 0.15) is 12.0 Å². The van der Waals surface area contributed by atoms with E-state index in [2.05, 4.69) is 0 Å². The molecule has 1 fully saturated rings. The van der Waals surface area contributed by atoms with Gasteiger partial charge in [0, 0.05) is 12.0 Å². The average molecular weight is 267 g/mol. The van der Waals surface area contributed by atoms with Crippen LogP contribution in [0.4, 0.5) is 0 Å². The summed E-state index contributed by atoms with van der Waals surface area (Å²) in [6.07, 6.45) is 1.16. The molecule has 1 aliphatic heterocycles. The van der Waals surface area contributed by atoms with Crippen LogP contribution in [0.25, 0.3) is 0 Å². The van der Waals surface area contributed by atoms with Gasteiger partial charge in [0.15, 0.2) is 0 Å². The normalized spacial score (nSPS) is 15.1. The predicted molar refractivity (Wildman–Crippen MR) is 73.0 cm³/mol. The molecule has 0 bridgehead atoms. The summed E-state index contributed by atoms with van der Waals surface area (Å²) in [5.41, 5.74) is 6.37. The van der Waals surface area contributed by atoms with Crippen molar-refractivity contribution in [1.29, 1.82) is 0 Å². The van der Waals surface area contributed by atoms with E-state index in [4.69, 9.17) is 32.2 Å². The molecule has 1 aromatic rings. The van der Waals surface area contributed by atoms with Crippen molar-refractivity contribution in [2.45, 2.75) is 12.5 Å². The third-order valence-corrected chi connectivity index (χ3v) is 2.89. The molecule has 0 atom stereocenters. The molecule has 2 N–H and O–H groups in total. The molecule has 0 saturated carbocycles. The van der Waals surface area contributed by atoms with Crippen LogP contribution in [-0.4, -0.2) is 37.5 Å². The lowest BCUT2D eigenvalue weighted by Gasteiger charge is -2.25. The minimum absolute atomic E-state index is 0.287. The molecule has 2 rings (SSSR count). The Hall–Kier alpha value is -1.17. The van der Waals surface area contributed by atoms with E-state index < -0.39 is 0 Å². The zero-order valence-electron chi connectivity index (χ0n) is 10.1. The van der Waals surface area contributed by atoms with Crippen molar-refractivity contribution in [3.8, 4) is 5.75 Å². The topological polar surface area (TPSA) is 53.7 Å². The van der Waals surface area contributed by atoms with Gasteiger partial charge in [0.25, 0.3) is 0 Å². The third kappa shape index (κ3) is 3.94. The van der Waals surface area contributed by atoms with E-state index in [9.17, 15) is 0 Å². The fourth-order valence-electron chi connectivity index (χ4n) is 1.52. The number of benzene rings is 1. The molecule has 98 valence electrons. The molecular formula is C13H17NO3S. The van der Waals surface area contributed by atoms with Crippen LogP contribution in [-0.2, 0) is 9.47 Å². The zero-order valence-corrected chi connectivity index (χ0v) is 10.9. The van der Waals surface area contributed by atoms with Crippen LogP contribution >= 0.6 is 12.2 Å². The highest BCUT2D eigenvalue weighted by Crippen LogP contribution is 2.12. The summed E-state index contributed by atoms with van der Waals surface area (Å²) in [6, 6.07) is 7.46. The van der Waals surface area contributed by atoms with Gasteiger partial charge in [-0.3, -0.25) is 0 Å². The minimum atomic E-state index is 0.287. The Balaban J connectivity index is 1.61. The van der Waals surface area contributed by atoms with Crippen molar-refractivity contribution in [2.75, 3.05) is 26.4 Å². The van der Waals surface area contributed by atoms with Crippen molar-refractivity contribution < 1.29 is 14.2 Å². The summed E-state index contributed by atoms with van der Waals surface area (Å²) in [5.74, 6) is 0.821. The zero-order chi connectivity index (χ0) is 12.8. The summed E-state index contributed by atoms with van der Waals surface area (Å²) in [7, 11) is 0. The molecule has 1 aliphatic rings. The van der Waals surface area contributed by atoms with Gasteiger partial charge in [-0.1, -0.05) is 12.2 Å². The van der Waals surface area contributed by atoms with E-state index in [1.54, 1.807) is 0 Å². The van der Waals surface area contributed by atoms with Crippen molar-refractivity contribution >= 4 is 17.2 Å². The van der Waals surface area contributed by atoms with Gasteiger partial charge in [-0.15, -0.1) is 0 Å². The van der Waals surface area contributed by atoms with Crippen LogP contribution in [0.2, 0.25) is 0 Å². The van der Waals surface area contributed by atoms with Gasteiger partial charge in [-0.2, -0.15) is 0 Å². The third-order valence-electron chi connectivity index (χ3n) is 2.66. The Morgan fingerprint density at radius 2 is 2.00 bits per heavy atom. The first-order valence-corrected chi connectivity index (χ1v) is 6.38. The van der Waals surface area contributed by atoms with Gasteiger partial charge < -0.3 is 19.9 Å². The fourth-order valence-corrected chi connectivity index (χ4v) is 1.66. The Bertz CT molecular complexity index is 390. The molecular weight excluding hydrogens is 250 g/mol. The van der Waals surface area contributed by atoms with Gasteiger partial charge in [0.1, 0.15) is 16.8 Å². The Morgan fingerprint density at radius 1 is 1.28 bits per heavy atom. The summed E-state index contributed by atoms with van der Waals surface area (Å²) >= 11 is 4.88. The number of hydrogen-bond acceptors (Lipinski definition) is 4. The fraction of sp³-hybridized carbons (Fsp3) is 0.462.